The van der Waals surface area contributed by atoms with Crippen molar-refractivity contribution in [2.75, 3.05) is 27.2 Å². The van der Waals surface area contributed by atoms with E-state index in [0.717, 1.165) is 5.56 Å². The van der Waals surface area contributed by atoms with Gasteiger partial charge in [0.15, 0.2) is 0 Å². The predicted molar refractivity (Wildman–Crippen MR) is 147 cm³/mol. The number of hydrogen-bond donors (Lipinski definition) is 1. The molecule has 0 bridgehead atoms. The van der Waals surface area contributed by atoms with Crippen molar-refractivity contribution in [2.45, 2.75) is 32.6 Å². The van der Waals surface area contributed by atoms with E-state index >= 15 is 0 Å². The fourth-order valence-corrected chi connectivity index (χ4v) is 4.42. The molecule has 1 N–H and O–H groups in total. The Hall–Kier alpha value is -4.10. The molecule has 1 atom stereocenters. The van der Waals surface area contributed by atoms with Crippen LogP contribution in [0.2, 0.25) is 0 Å². The summed E-state index contributed by atoms with van der Waals surface area (Å²) in [5.74, 6) is -0.401. The summed E-state index contributed by atoms with van der Waals surface area (Å²) in [5, 5.41) is 11.4. The first-order chi connectivity index (χ1) is 18.2. The highest BCUT2D eigenvalue weighted by molar-refractivity contribution is 6.46. The second kappa shape index (κ2) is 12.0. The molecule has 1 amide bonds. The topological polar surface area (TPSA) is 79.3 Å². The van der Waals surface area contributed by atoms with E-state index in [1.54, 1.807) is 24.3 Å². The van der Waals surface area contributed by atoms with Gasteiger partial charge >= 0.3 is 0 Å². The molecule has 198 valence electrons. The highest BCUT2D eigenvalue weighted by atomic mass is 16.5. The number of likely N-dealkylation sites (tertiary alicyclic amines) is 1. The number of amides is 1. The molecule has 0 aromatic heterocycles. The van der Waals surface area contributed by atoms with Gasteiger partial charge in [-0.1, -0.05) is 54.6 Å². The Kier molecular flexibility index (Phi) is 8.48. The van der Waals surface area contributed by atoms with Crippen LogP contribution in [0.25, 0.3) is 5.76 Å². The van der Waals surface area contributed by atoms with Crippen LogP contribution in [0.5, 0.6) is 11.5 Å². The Morgan fingerprint density at radius 3 is 2.37 bits per heavy atom. The van der Waals surface area contributed by atoms with Crippen molar-refractivity contribution >= 4 is 17.4 Å². The van der Waals surface area contributed by atoms with Crippen LogP contribution in [-0.2, 0) is 16.2 Å². The van der Waals surface area contributed by atoms with E-state index in [1.165, 1.54) is 4.90 Å². The van der Waals surface area contributed by atoms with Gasteiger partial charge in [-0.2, -0.15) is 0 Å². The van der Waals surface area contributed by atoms with Crippen molar-refractivity contribution in [3.63, 3.8) is 0 Å². The summed E-state index contributed by atoms with van der Waals surface area (Å²) in [4.78, 5) is 30.0. The number of benzene rings is 3. The Morgan fingerprint density at radius 1 is 0.947 bits per heavy atom. The molecule has 3 aromatic rings. The predicted octanol–water partition coefficient (Wildman–Crippen LogP) is 5.04. The third-order valence-corrected chi connectivity index (χ3v) is 6.23. The first-order valence-corrected chi connectivity index (χ1v) is 12.7. The van der Waals surface area contributed by atoms with Crippen molar-refractivity contribution in [3.05, 3.63) is 101 Å². The average molecular weight is 515 g/mol. The van der Waals surface area contributed by atoms with Gasteiger partial charge in [-0.05, 0) is 63.3 Å². The van der Waals surface area contributed by atoms with Crippen LogP contribution >= 0.6 is 0 Å². The molecule has 1 saturated heterocycles. The maximum Gasteiger partial charge on any atom is 0.295 e. The van der Waals surface area contributed by atoms with Gasteiger partial charge in [0.1, 0.15) is 23.9 Å². The molecule has 0 aliphatic carbocycles. The molecule has 0 radical (unpaired) electrons. The molecule has 1 aliphatic rings. The number of aliphatic hydroxyl groups is 1. The molecule has 7 nitrogen and oxygen atoms in total. The number of ether oxygens (including phenoxy) is 2. The zero-order valence-corrected chi connectivity index (χ0v) is 22.3. The zero-order valence-electron chi connectivity index (χ0n) is 22.3. The summed E-state index contributed by atoms with van der Waals surface area (Å²) in [6, 6.07) is 23.3. The molecular formula is C31H34N2O5. The molecule has 1 unspecified atom stereocenters. The number of likely N-dealkylation sites (N-methyl/N-ethyl adjacent to an activating group) is 1. The third kappa shape index (κ3) is 6.23. The molecule has 1 fully saturated rings. The van der Waals surface area contributed by atoms with Gasteiger partial charge in [0.05, 0.1) is 17.7 Å². The summed E-state index contributed by atoms with van der Waals surface area (Å²) in [7, 11) is 3.81. The van der Waals surface area contributed by atoms with E-state index in [0.29, 0.717) is 42.3 Å². The van der Waals surface area contributed by atoms with Crippen LogP contribution in [0.1, 0.15) is 36.6 Å². The van der Waals surface area contributed by atoms with Crippen LogP contribution in [0.3, 0.4) is 0 Å². The Morgan fingerprint density at radius 2 is 1.66 bits per heavy atom. The van der Waals surface area contributed by atoms with Gasteiger partial charge < -0.3 is 24.4 Å². The van der Waals surface area contributed by atoms with Crippen molar-refractivity contribution in [1.82, 2.24) is 9.80 Å². The number of carbonyl (C=O) groups is 2. The van der Waals surface area contributed by atoms with E-state index in [-0.39, 0.29) is 17.4 Å². The molecule has 38 heavy (non-hydrogen) atoms. The minimum atomic E-state index is -0.759. The Labute approximate surface area is 223 Å². The monoisotopic (exact) mass is 514 g/mol. The Bertz CT molecular complexity index is 1320. The molecule has 0 spiro atoms. The second-order valence-electron chi connectivity index (χ2n) is 9.84. The Balaban J connectivity index is 1.74. The van der Waals surface area contributed by atoms with Crippen molar-refractivity contribution in [1.29, 1.82) is 0 Å². The normalized spacial score (nSPS) is 16.9. The maximum atomic E-state index is 13.3. The van der Waals surface area contributed by atoms with Crippen LogP contribution in [0.4, 0.5) is 0 Å². The van der Waals surface area contributed by atoms with Gasteiger partial charge in [0.25, 0.3) is 11.7 Å². The number of aliphatic hydroxyl groups excluding tert-OH is 1. The lowest BCUT2D eigenvalue weighted by molar-refractivity contribution is -0.140. The minimum Gasteiger partial charge on any atom is -0.507 e. The summed E-state index contributed by atoms with van der Waals surface area (Å²) in [6.07, 6.45) is -0.0531. The van der Waals surface area contributed by atoms with Gasteiger partial charge in [0.2, 0.25) is 0 Å². The number of nitrogens with zero attached hydrogens (tertiary/aromatic N) is 2. The minimum absolute atomic E-state index is 0.0515. The van der Waals surface area contributed by atoms with E-state index in [4.69, 9.17) is 9.47 Å². The molecule has 1 aliphatic heterocycles. The highest BCUT2D eigenvalue weighted by Crippen LogP contribution is 2.40. The lowest BCUT2D eigenvalue weighted by Crippen LogP contribution is -2.35. The fraction of sp³-hybridized carbons (Fsp3) is 0.290. The number of carbonyl (C=O) groups excluding carboxylic acids is 2. The molecule has 1 heterocycles. The summed E-state index contributed by atoms with van der Waals surface area (Å²) < 4.78 is 11.8. The van der Waals surface area contributed by atoms with Crippen LogP contribution < -0.4 is 9.47 Å². The van der Waals surface area contributed by atoms with E-state index in [1.807, 2.05) is 87.4 Å². The molecule has 0 saturated carbocycles. The maximum absolute atomic E-state index is 13.3. The lowest BCUT2D eigenvalue weighted by atomic mass is 9.95. The first-order valence-electron chi connectivity index (χ1n) is 12.7. The van der Waals surface area contributed by atoms with Crippen LogP contribution in [-0.4, -0.2) is 59.9 Å². The SMILES string of the molecule is CC(C)Oc1cccc(/C(O)=C2/C(=O)C(=O)N(CCN(C)C)C2c2cccc(OCc3ccccc3)c2)c1. The number of Topliss-reactive ketones (excluding diaryl/α,β-unsaturated/α-hetero) is 1. The van der Waals surface area contributed by atoms with Crippen LogP contribution in [0.15, 0.2) is 84.4 Å². The smallest absolute Gasteiger partial charge is 0.295 e. The average Bonchev–Trinajstić information content (AvgIpc) is 3.16. The van der Waals surface area contributed by atoms with Gasteiger partial charge in [0, 0.05) is 18.7 Å². The van der Waals surface area contributed by atoms with Gasteiger partial charge in [-0.25, -0.2) is 0 Å². The van der Waals surface area contributed by atoms with Gasteiger partial charge in [-0.15, -0.1) is 0 Å². The van der Waals surface area contributed by atoms with E-state index in [2.05, 4.69) is 0 Å². The van der Waals surface area contributed by atoms with Crippen molar-refractivity contribution in [2.24, 2.45) is 0 Å². The standard InChI is InChI=1S/C31H34N2O5/c1-21(2)38-26-15-9-13-24(19-26)29(34)27-28(33(17-16-32(3)4)31(36)30(27)35)23-12-8-14-25(18-23)37-20-22-10-6-5-7-11-22/h5-15,18-19,21,28,34H,16-17,20H2,1-4H3/b29-27-. The fourth-order valence-electron chi connectivity index (χ4n) is 4.42. The largest absolute Gasteiger partial charge is 0.507 e. The van der Waals surface area contributed by atoms with E-state index in [9.17, 15) is 14.7 Å². The summed E-state index contributed by atoms with van der Waals surface area (Å²) >= 11 is 0. The second-order valence-corrected chi connectivity index (χ2v) is 9.84. The highest BCUT2D eigenvalue weighted by Gasteiger charge is 2.46. The zero-order chi connectivity index (χ0) is 27.2. The summed E-state index contributed by atoms with van der Waals surface area (Å²) in [6.45, 7) is 5.09. The molecule has 7 heteroatoms. The van der Waals surface area contributed by atoms with Crippen molar-refractivity contribution in [3.8, 4) is 11.5 Å². The lowest BCUT2D eigenvalue weighted by Gasteiger charge is -2.27. The third-order valence-electron chi connectivity index (χ3n) is 6.23. The summed E-state index contributed by atoms with van der Waals surface area (Å²) in [5.41, 5.74) is 2.18. The number of hydrogen-bond acceptors (Lipinski definition) is 6. The number of ketones is 1. The molecular weight excluding hydrogens is 480 g/mol. The molecule has 3 aromatic carbocycles. The van der Waals surface area contributed by atoms with Crippen molar-refractivity contribution < 1.29 is 24.2 Å². The molecule has 4 rings (SSSR count). The van der Waals surface area contributed by atoms with Crippen LogP contribution in [0, 0.1) is 0 Å². The van der Waals surface area contributed by atoms with E-state index < -0.39 is 17.7 Å². The first kappa shape index (κ1) is 26.9. The number of rotatable bonds is 10. The van der Waals surface area contributed by atoms with Gasteiger partial charge in [-0.3, -0.25) is 9.59 Å². The quantitative estimate of drug-likeness (QED) is 0.232.